The Bertz CT molecular complexity index is 128. The maximum absolute atomic E-state index is 5.44. The lowest BCUT2D eigenvalue weighted by Gasteiger charge is -2.34. The molecule has 1 rings (SSSR count). The normalized spacial score (nSPS) is 29.5. The summed E-state index contributed by atoms with van der Waals surface area (Å²) in [6, 6.07) is 0. The standard InChI is InChI=1S/C9H18O4/c1-10-8(11-2)7-5-4-6-13-9(7)12-3/h7-9H,4-6H2,1-3H3/t7-,9-/m1/s1. The molecule has 0 saturated carbocycles. The first-order valence-electron chi connectivity index (χ1n) is 4.53. The molecule has 1 saturated heterocycles. The van der Waals surface area contributed by atoms with Crippen LogP contribution < -0.4 is 0 Å². The molecule has 1 heterocycles. The van der Waals surface area contributed by atoms with Gasteiger partial charge in [-0.2, -0.15) is 0 Å². The van der Waals surface area contributed by atoms with Crippen molar-refractivity contribution in [3.05, 3.63) is 0 Å². The predicted octanol–water partition coefficient (Wildman–Crippen LogP) is 1.00. The number of hydrogen-bond acceptors (Lipinski definition) is 4. The molecule has 0 aromatic carbocycles. The van der Waals surface area contributed by atoms with E-state index in [9.17, 15) is 0 Å². The van der Waals surface area contributed by atoms with Crippen molar-refractivity contribution in [2.45, 2.75) is 25.4 Å². The zero-order valence-corrected chi connectivity index (χ0v) is 8.49. The predicted molar refractivity (Wildman–Crippen MR) is 47.3 cm³/mol. The second kappa shape index (κ2) is 5.54. The molecule has 0 aromatic rings. The maximum Gasteiger partial charge on any atom is 0.164 e. The van der Waals surface area contributed by atoms with Crippen molar-refractivity contribution in [1.82, 2.24) is 0 Å². The zero-order chi connectivity index (χ0) is 9.68. The lowest BCUT2D eigenvalue weighted by atomic mass is 10.00. The van der Waals surface area contributed by atoms with Crippen molar-refractivity contribution in [2.24, 2.45) is 5.92 Å². The van der Waals surface area contributed by atoms with Gasteiger partial charge in [-0.3, -0.25) is 0 Å². The van der Waals surface area contributed by atoms with Crippen LogP contribution in [0.15, 0.2) is 0 Å². The molecule has 0 unspecified atom stereocenters. The van der Waals surface area contributed by atoms with Crippen LogP contribution in [0.25, 0.3) is 0 Å². The molecule has 4 heteroatoms. The molecule has 1 aliphatic rings. The third kappa shape index (κ3) is 2.64. The number of methoxy groups -OCH3 is 3. The molecule has 2 atom stereocenters. The summed E-state index contributed by atoms with van der Waals surface area (Å²) in [7, 11) is 4.91. The van der Waals surface area contributed by atoms with E-state index in [2.05, 4.69) is 0 Å². The minimum atomic E-state index is -0.231. The van der Waals surface area contributed by atoms with Gasteiger partial charge in [0.25, 0.3) is 0 Å². The first-order valence-corrected chi connectivity index (χ1v) is 4.53. The minimum Gasteiger partial charge on any atom is -0.355 e. The van der Waals surface area contributed by atoms with Gasteiger partial charge < -0.3 is 18.9 Å². The van der Waals surface area contributed by atoms with Gasteiger partial charge in [-0.1, -0.05) is 0 Å². The van der Waals surface area contributed by atoms with E-state index in [1.54, 1.807) is 21.3 Å². The fourth-order valence-electron chi connectivity index (χ4n) is 1.73. The van der Waals surface area contributed by atoms with Crippen molar-refractivity contribution in [3.63, 3.8) is 0 Å². The summed E-state index contributed by atoms with van der Waals surface area (Å²) in [6.07, 6.45) is 1.63. The smallest absolute Gasteiger partial charge is 0.164 e. The van der Waals surface area contributed by atoms with E-state index in [4.69, 9.17) is 18.9 Å². The van der Waals surface area contributed by atoms with Crippen LogP contribution in [-0.4, -0.2) is 40.5 Å². The highest BCUT2D eigenvalue weighted by Crippen LogP contribution is 2.26. The Morgan fingerprint density at radius 3 is 2.46 bits per heavy atom. The van der Waals surface area contributed by atoms with Gasteiger partial charge in [0.1, 0.15) is 0 Å². The van der Waals surface area contributed by atoms with E-state index in [0.717, 1.165) is 19.4 Å². The van der Waals surface area contributed by atoms with Crippen molar-refractivity contribution in [1.29, 1.82) is 0 Å². The van der Waals surface area contributed by atoms with Gasteiger partial charge in [0.2, 0.25) is 0 Å². The molecule has 0 aromatic heterocycles. The van der Waals surface area contributed by atoms with Crippen molar-refractivity contribution < 1.29 is 18.9 Å². The Morgan fingerprint density at radius 2 is 1.92 bits per heavy atom. The average molecular weight is 190 g/mol. The van der Waals surface area contributed by atoms with E-state index in [0.29, 0.717) is 0 Å². The molecule has 4 nitrogen and oxygen atoms in total. The monoisotopic (exact) mass is 190 g/mol. The Balaban J connectivity index is 2.51. The van der Waals surface area contributed by atoms with E-state index in [-0.39, 0.29) is 18.5 Å². The summed E-state index contributed by atoms with van der Waals surface area (Å²) in [5.41, 5.74) is 0. The second-order valence-corrected chi connectivity index (χ2v) is 3.12. The molecule has 0 N–H and O–H groups in total. The number of rotatable bonds is 4. The van der Waals surface area contributed by atoms with E-state index < -0.39 is 0 Å². The first-order chi connectivity index (χ1) is 6.33. The van der Waals surface area contributed by atoms with Crippen molar-refractivity contribution in [3.8, 4) is 0 Å². The second-order valence-electron chi connectivity index (χ2n) is 3.12. The Hall–Kier alpha value is -0.160. The molecule has 0 amide bonds. The van der Waals surface area contributed by atoms with Gasteiger partial charge in [-0.15, -0.1) is 0 Å². The summed E-state index contributed by atoms with van der Waals surface area (Å²) < 4.78 is 21.0. The van der Waals surface area contributed by atoms with Crippen LogP contribution in [0, 0.1) is 5.92 Å². The topological polar surface area (TPSA) is 36.9 Å². The van der Waals surface area contributed by atoms with Crippen LogP contribution in [0.5, 0.6) is 0 Å². The quantitative estimate of drug-likeness (QED) is 0.620. The van der Waals surface area contributed by atoms with E-state index in [1.807, 2.05) is 0 Å². The Morgan fingerprint density at radius 1 is 1.23 bits per heavy atom. The highest BCUT2D eigenvalue weighted by Gasteiger charge is 2.33. The molecule has 0 aliphatic carbocycles. The summed E-state index contributed by atoms with van der Waals surface area (Å²) >= 11 is 0. The van der Waals surface area contributed by atoms with Crippen LogP contribution in [0.2, 0.25) is 0 Å². The van der Waals surface area contributed by atoms with Gasteiger partial charge in [0.05, 0.1) is 5.92 Å². The molecular weight excluding hydrogens is 172 g/mol. The lowest BCUT2D eigenvalue weighted by Crippen LogP contribution is -2.40. The molecule has 13 heavy (non-hydrogen) atoms. The average Bonchev–Trinajstić information content (AvgIpc) is 2.20. The third-order valence-corrected chi connectivity index (χ3v) is 2.36. The van der Waals surface area contributed by atoms with Gasteiger partial charge in [-0.05, 0) is 12.8 Å². The van der Waals surface area contributed by atoms with Crippen molar-refractivity contribution in [2.75, 3.05) is 27.9 Å². The molecule has 1 aliphatic heterocycles. The molecule has 0 radical (unpaired) electrons. The van der Waals surface area contributed by atoms with Crippen LogP contribution in [0.4, 0.5) is 0 Å². The molecular formula is C9H18O4. The highest BCUT2D eigenvalue weighted by molar-refractivity contribution is 4.71. The summed E-state index contributed by atoms with van der Waals surface area (Å²) in [5.74, 6) is 0.175. The van der Waals surface area contributed by atoms with Gasteiger partial charge in [0.15, 0.2) is 12.6 Å². The Labute approximate surface area is 79.1 Å². The van der Waals surface area contributed by atoms with Gasteiger partial charge in [-0.25, -0.2) is 0 Å². The SMILES string of the molecule is COC(OC)[C@H]1CCCO[C@H]1OC. The fourth-order valence-corrected chi connectivity index (χ4v) is 1.73. The van der Waals surface area contributed by atoms with Gasteiger partial charge in [0, 0.05) is 27.9 Å². The van der Waals surface area contributed by atoms with Gasteiger partial charge >= 0.3 is 0 Å². The largest absolute Gasteiger partial charge is 0.355 e. The van der Waals surface area contributed by atoms with Crippen molar-refractivity contribution >= 4 is 0 Å². The first kappa shape index (κ1) is 10.9. The van der Waals surface area contributed by atoms with E-state index in [1.165, 1.54) is 0 Å². The van der Waals surface area contributed by atoms with E-state index >= 15 is 0 Å². The maximum atomic E-state index is 5.44. The van der Waals surface area contributed by atoms with Crippen LogP contribution >= 0.6 is 0 Å². The number of hydrogen-bond donors (Lipinski definition) is 0. The van der Waals surface area contributed by atoms with Crippen LogP contribution in [0.1, 0.15) is 12.8 Å². The summed E-state index contributed by atoms with van der Waals surface area (Å²) in [4.78, 5) is 0. The molecule has 0 spiro atoms. The minimum absolute atomic E-state index is 0.175. The third-order valence-electron chi connectivity index (χ3n) is 2.36. The molecule has 78 valence electrons. The molecule has 0 bridgehead atoms. The Kier molecular flexibility index (Phi) is 4.66. The zero-order valence-electron chi connectivity index (χ0n) is 8.49. The number of ether oxygens (including phenoxy) is 4. The fraction of sp³-hybridized carbons (Fsp3) is 1.00. The van der Waals surface area contributed by atoms with Crippen LogP contribution in [0.3, 0.4) is 0 Å². The van der Waals surface area contributed by atoms with Crippen LogP contribution in [-0.2, 0) is 18.9 Å². The summed E-state index contributed by atoms with van der Waals surface area (Å²) in [6.45, 7) is 0.759. The lowest BCUT2D eigenvalue weighted by molar-refractivity contribution is -0.246. The summed E-state index contributed by atoms with van der Waals surface area (Å²) in [5, 5.41) is 0. The highest BCUT2D eigenvalue weighted by atomic mass is 16.7. The molecule has 1 fully saturated rings.